The third-order valence-corrected chi connectivity index (χ3v) is 4.17. The van der Waals surface area contributed by atoms with Gasteiger partial charge in [-0.2, -0.15) is 5.10 Å². The van der Waals surface area contributed by atoms with Crippen LogP contribution in [-0.4, -0.2) is 11.6 Å². The average Bonchev–Trinajstić information content (AvgIpc) is 2.38. The van der Waals surface area contributed by atoms with Crippen molar-refractivity contribution in [1.82, 2.24) is 5.43 Å². The van der Waals surface area contributed by atoms with Gasteiger partial charge >= 0.3 is 0 Å². The van der Waals surface area contributed by atoms with E-state index in [0.717, 1.165) is 19.3 Å². The number of hydrogen-bond donors (Lipinski definition) is 1. The minimum absolute atomic E-state index is 0.148. The molecule has 1 N–H and O–H groups in total. The molecule has 3 nitrogen and oxygen atoms in total. The highest BCUT2D eigenvalue weighted by Crippen LogP contribution is 2.24. The molecule has 0 saturated heterocycles. The van der Waals surface area contributed by atoms with E-state index < -0.39 is 0 Å². The molecule has 1 amide bonds. The number of amides is 1. The summed E-state index contributed by atoms with van der Waals surface area (Å²) in [4.78, 5) is 11.9. The normalized spacial score (nSPS) is 29.2. The Bertz CT molecular complexity index is 293. The van der Waals surface area contributed by atoms with Crippen LogP contribution in [-0.2, 0) is 4.79 Å². The maximum absolute atomic E-state index is 11.9. The van der Waals surface area contributed by atoms with Gasteiger partial charge in [-0.1, -0.05) is 32.6 Å². The van der Waals surface area contributed by atoms with Gasteiger partial charge in [-0.05, 0) is 38.0 Å². The highest BCUT2D eigenvalue weighted by atomic mass is 16.2. The monoisotopic (exact) mass is 236 g/mol. The Morgan fingerprint density at radius 1 is 1.12 bits per heavy atom. The van der Waals surface area contributed by atoms with Gasteiger partial charge in [-0.25, -0.2) is 5.43 Å². The number of rotatable bonds is 2. The van der Waals surface area contributed by atoms with Gasteiger partial charge in [0, 0.05) is 11.6 Å². The molecular formula is C14H24N2O. The van der Waals surface area contributed by atoms with Crippen molar-refractivity contribution in [3.8, 4) is 0 Å². The summed E-state index contributed by atoms with van der Waals surface area (Å²) in [5.74, 6) is 0.914. The zero-order valence-corrected chi connectivity index (χ0v) is 10.9. The number of nitrogens with zero attached hydrogens (tertiary/aromatic N) is 1. The molecule has 0 aromatic carbocycles. The summed E-state index contributed by atoms with van der Waals surface area (Å²) in [5.41, 5.74) is 4.00. The topological polar surface area (TPSA) is 41.5 Å². The number of hydrazone groups is 1. The van der Waals surface area contributed by atoms with E-state index in [1.165, 1.54) is 44.2 Å². The SMILES string of the molecule is CC1CCCC/C1=N\NC(=O)C1CCCCC1. The molecule has 0 radical (unpaired) electrons. The molecule has 2 aliphatic carbocycles. The van der Waals surface area contributed by atoms with Gasteiger partial charge in [-0.3, -0.25) is 4.79 Å². The average molecular weight is 236 g/mol. The summed E-state index contributed by atoms with van der Waals surface area (Å²) in [6.45, 7) is 2.21. The molecule has 0 spiro atoms. The lowest BCUT2D eigenvalue weighted by atomic mass is 9.88. The lowest BCUT2D eigenvalue weighted by molar-refractivity contribution is -0.125. The highest BCUT2D eigenvalue weighted by molar-refractivity contribution is 5.88. The Morgan fingerprint density at radius 2 is 1.82 bits per heavy atom. The van der Waals surface area contributed by atoms with Crippen molar-refractivity contribution < 1.29 is 4.79 Å². The van der Waals surface area contributed by atoms with E-state index in [4.69, 9.17) is 0 Å². The van der Waals surface area contributed by atoms with Crippen LogP contribution in [0.1, 0.15) is 64.7 Å². The minimum Gasteiger partial charge on any atom is -0.273 e. The van der Waals surface area contributed by atoms with Gasteiger partial charge in [0.05, 0.1) is 0 Å². The fourth-order valence-corrected chi connectivity index (χ4v) is 2.92. The predicted molar refractivity (Wildman–Crippen MR) is 69.8 cm³/mol. The van der Waals surface area contributed by atoms with Crippen molar-refractivity contribution in [1.29, 1.82) is 0 Å². The number of hydrogen-bond acceptors (Lipinski definition) is 2. The second-order valence-corrected chi connectivity index (χ2v) is 5.56. The van der Waals surface area contributed by atoms with E-state index in [9.17, 15) is 4.79 Å². The summed E-state index contributed by atoms with van der Waals surface area (Å²) >= 11 is 0. The molecule has 1 unspecified atom stereocenters. The third-order valence-electron chi connectivity index (χ3n) is 4.17. The largest absolute Gasteiger partial charge is 0.273 e. The molecule has 2 aliphatic rings. The van der Waals surface area contributed by atoms with Crippen LogP contribution in [0, 0.1) is 11.8 Å². The molecule has 0 bridgehead atoms. The smallest absolute Gasteiger partial charge is 0.243 e. The Hall–Kier alpha value is -0.860. The highest BCUT2D eigenvalue weighted by Gasteiger charge is 2.21. The minimum atomic E-state index is 0.148. The van der Waals surface area contributed by atoms with Gasteiger partial charge in [0.1, 0.15) is 0 Å². The fraction of sp³-hybridized carbons (Fsp3) is 0.857. The molecule has 96 valence electrons. The molecule has 2 fully saturated rings. The van der Waals surface area contributed by atoms with Crippen molar-refractivity contribution in [2.24, 2.45) is 16.9 Å². The Morgan fingerprint density at radius 3 is 2.53 bits per heavy atom. The predicted octanol–water partition coefficient (Wildman–Crippen LogP) is 3.25. The van der Waals surface area contributed by atoms with Crippen molar-refractivity contribution in [3.05, 3.63) is 0 Å². The first kappa shape index (κ1) is 12.6. The third kappa shape index (κ3) is 3.55. The van der Waals surface area contributed by atoms with Crippen molar-refractivity contribution in [2.75, 3.05) is 0 Å². The van der Waals surface area contributed by atoms with E-state index in [0.29, 0.717) is 5.92 Å². The second kappa shape index (κ2) is 6.18. The molecule has 0 aromatic rings. The van der Waals surface area contributed by atoms with Crippen LogP contribution in [0.15, 0.2) is 5.10 Å². The number of nitrogens with one attached hydrogen (secondary N) is 1. The Balaban J connectivity index is 1.83. The van der Waals surface area contributed by atoms with Crippen LogP contribution in [0.3, 0.4) is 0 Å². The zero-order chi connectivity index (χ0) is 12.1. The Labute approximate surface area is 104 Å². The van der Waals surface area contributed by atoms with Crippen LogP contribution in [0.4, 0.5) is 0 Å². The van der Waals surface area contributed by atoms with E-state index in [1.54, 1.807) is 0 Å². The first-order chi connectivity index (χ1) is 8.27. The summed E-state index contributed by atoms with van der Waals surface area (Å²) in [6, 6.07) is 0. The van der Waals surface area contributed by atoms with Crippen LogP contribution >= 0.6 is 0 Å². The molecule has 0 heterocycles. The molecular weight excluding hydrogens is 212 g/mol. The van der Waals surface area contributed by atoms with Gasteiger partial charge in [0.2, 0.25) is 5.91 Å². The molecule has 0 aliphatic heterocycles. The van der Waals surface area contributed by atoms with E-state index in [1.807, 2.05) is 0 Å². The Kier molecular flexibility index (Phi) is 4.57. The fourth-order valence-electron chi connectivity index (χ4n) is 2.92. The molecule has 1 atom stereocenters. The first-order valence-electron chi connectivity index (χ1n) is 7.13. The van der Waals surface area contributed by atoms with Crippen LogP contribution < -0.4 is 5.43 Å². The molecule has 2 rings (SSSR count). The van der Waals surface area contributed by atoms with Gasteiger partial charge < -0.3 is 0 Å². The second-order valence-electron chi connectivity index (χ2n) is 5.56. The lowest BCUT2D eigenvalue weighted by Crippen LogP contribution is -2.30. The van der Waals surface area contributed by atoms with Gasteiger partial charge in [0.25, 0.3) is 0 Å². The molecule has 2 saturated carbocycles. The first-order valence-corrected chi connectivity index (χ1v) is 7.13. The van der Waals surface area contributed by atoms with E-state index >= 15 is 0 Å². The summed E-state index contributed by atoms with van der Waals surface area (Å²) in [6.07, 6.45) is 10.6. The van der Waals surface area contributed by atoms with Crippen molar-refractivity contribution in [3.63, 3.8) is 0 Å². The molecule has 17 heavy (non-hydrogen) atoms. The molecule has 3 heteroatoms. The van der Waals surface area contributed by atoms with Crippen LogP contribution in [0.25, 0.3) is 0 Å². The van der Waals surface area contributed by atoms with Crippen molar-refractivity contribution >= 4 is 11.6 Å². The number of carbonyl (C=O) groups excluding carboxylic acids is 1. The lowest BCUT2D eigenvalue weighted by Gasteiger charge is -2.22. The summed E-state index contributed by atoms with van der Waals surface area (Å²) < 4.78 is 0. The number of carbonyl (C=O) groups is 1. The molecule has 0 aromatic heterocycles. The maximum atomic E-state index is 11.9. The zero-order valence-electron chi connectivity index (χ0n) is 10.9. The van der Waals surface area contributed by atoms with Crippen LogP contribution in [0.2, 0.25) is 0 Å². The van der Waals surface area contributed by atoms with E-state index in [-0.39, 0.29) is 11.8 Å². The summed E-state index contributed by atoms with van der Waals surface area (Å²) in [5, 5.41) is 4.36. The van der Waals surface area contributed by atoms with Crippen LogP contribution in [0.5, 0.6) is 0 Å². The van der Waals surface area contributed by atoms with Gasteiger partial charge in [0.15, 0.2) is 0 Å². The van der Waals surface area contributed by atoms with Gasteiger partial charge in [-0.15, -0.1) is 0 Å². The van der Waals surface area contributed by atoms with E-state index in [2.05, 4.69) is 17.5 Å². The maximum Gasteiger partial charge on any atom is 0.243 e. The quantitative estimate of drug-likeness (QED) is 0.735. The van der Waals surface area contributed by atoms with Crippen molar-refractivity contribution in [2.45, 2.75) is 64.7 Å². The standard InChI is InChI=1S/C14H24N2O/c1-11-7-5-6-10-13(11)15-16-14(17)12-8-3-2-4-9-12/h11-12H,2-10H2,1H3,(H,16,17)/b15-13+. The summed E-state index contributed by atoms with van der Waals surface area (Å²) in [7, 11) is 0.